The van der Waals surface area contributed by atoms with Crippen LogP contribution < -0.4 is 4.90 Å². The summed E-state index contributed by atoms with van der Waals surface area (Å²) in [5.41, 5.74) is 0.676. The zero-order valence-electron chi connectivity index (χ0n) is 18.7. The van der Waals surface area contributed by atoms with E-state index in [1.807, 2.05) is 24.0 Å². The Morgan fingerprint density at radius 1 is 1.16 bits per heavy atom. The summed E-state index contributed by atoms with van der Waals surface area (Å²) >= 11 is 0. The number of nitrogens with zero attached hydrogens (tertiary/aromatic N) is 3. The Kier molecular flexibility index (Phi) is 6.51. The Balaban J connectivity index is 1.25. The van der Waals surface area contributed by atoms with Crippen LogP contribution in [0.2, 0.25) is 0 Å². The van der Waals surface area contributed by atoms with Gasteiger partial charge in [-0.05, 0) is 50.5 Å². The molecule has 3 fully saturated rings. The van der Waals surface area contributed by atoms with Gasteiger partial charge in [-0.15, -0.1) is 0 Å². The number of hydrogen-bond acceptors (Lipinski definition) is 5. The number of esters is 1. The molecule has 0 aliphatic carbocycles. The molecule has 4 rings (SSSR count). The van der Waals surface area contributed by atoms with Crippen LogP contribution in [-0.4, -0.2) is 73.1 Å². The molecular formula is C24H34FN3O3. The third-order valence-electron chi connectivity index (χ3n) is 7.40. The monoisotopic (exact) mass is 431 g/mol. The maximum Gasteiger partial charge on any atom is 0.312 e. The minimum Gasteiger partial charge on any atom is -0.462 e. The fraction of sp³-hybridized carbons (Fsp3) is 0.667. The van der Waals surface area contributed by atoms with Gasteiger partial charge in [0.15, 0.2) is 0 Å². The molecule has 6 nitrogen and oxygen atoms in total. The SMILES string of the molecule is CCC(=O)N1CCC2(CC1)C[C@H](CCN1CCN(c3ccc(F)cc3)C[C@@H]1C)OC2=O. The van der Waals surface area contributed by atoms with Gasteiger partial charge in [-0.3, -0.25) is 14.5 Å². The summed E-state index contributed by atoms with van der Waals surface area (Å²) in [5.74, 6) is -0.0937. The predicted octanol–water partition coefficient (Wildman–Crippen LogP) is 3.06. The standard InChI is InChI=1S/C24H34FN3O3/c1-3-22(29)27-12-9-24(10-13-27)16-21(31-23(24)30)8-11-26-14-15-28(17-18(26)2)20-6-4-19(25)5-7-20/h4-7,18,21H,3,8-17H2,1-2H3/t18-,21-/m0/s1. The maximum absolute atomic E-state index is 13.2. The molecule has 1 aromatic carbocycles. The van der Waals surface area contributed by atoms with Gasteiger partial charge in [0.05, 0.1) is 5.41 Å². The van der Waals surface area contributed by atoms with E-state index in [9.17, 15) is 14.0 Å². The third kappa shape index (κ3) is 4.71. The van der Waals surface area contributed by atoms with Gasteiger partial charge in [0.25, 0.3) is 0 Å². The minimum atomic E-state index is -0.387. The molecule has 3 saturated heterocycles. The molecular weight excluding hydrogens is 397 g/mol. The average molecular weight is 432 g/mol. The van der Waals surface area contributed by atoms with E-state index < -0.39 is 0 Å². The van der Waals surface area contributed by atoms with E-state index in [0.29, 0.717) is 25.6 Å². The van der Waals surface area contributed by atoms with E-state index in [2.05, 4.69) is 16.7 Å². The molecule has 1 amide bonds. The van der Waals surface area contributed by atoms with E-state index in [-0.39, 0.29) is 29.2 Å². The Hall–Kier alpha value is -2.15. The van der Waals surface area contributed by atoms with E-state index in [0.717, 1.165) is 57.5 Å². The van der Waals surface area contributed by atoms with Crippen molar-refractivity contribution >= 4 is 17.6 Å². The van der Waals surface area contributed by atoms with Gasteiger partial charge in [-0.2, -0.15) is 0 Å². The van der Waals surface area contributed by atoms with Gasteiger partial charge in [0, 0.05) is 63.8 Å². The molecule has 0 bridgehead atoms. The van der Waals surface area contributed by atoms with E-state index in [1.54, 1.807) is 0 Å². The molecule has 170 valence electrons. The molecule has 0 unspecified atom stereocenters. The zero-order chi connectivity index (χ0) is 22.0. The zero-order valence-corrected chi connectivity index (χ0v) is 18.7. The molecule has 3 aliphatic rings. The number of carbonyl (C=O) groups excluding carboxylic acids is 2. The first-order valence-corrected chi connectivity index (χ1v) is 11.6. The van der Waals surface area contributed by atoms with Crippen LogP contribution in [-0.2, 0) is 14.3 Å². The summed E-state index contributed by atoms with van der Waals surface area (Å²) in [6.45, 7) is 9.09. The van der Waals surface area contributed by atoms with Crippen molar-refractivity contribution in [2.24, 2.45) is 5.41 Å². The highest BCUT2D eigenvalue weighted by Crippen LogP contribution is 2.44. The molecule has 3 aliphatic heterocycles. The molecule has 0 N–H and O–H groups in total. The fourth-order valence-electron chi connectivity index (χ4n) is 5.34. The summed E-state index contributed by atoms with van der Waals surface area (Å²) in [4.78, 5) is 31.3. The third-order valence-corrected chi connectivity index (χ3v) is 7.40. The van der Waals surface area contributed by atoms with Crippen molar-refractivity contribution in [1.29, 1.82) is 0 Å². The molecule has 0 saturated carbocycles. The smallest absolute Gasteiger partial charge is 0.312 e. The molecule has 1 spiro atoms. The van der Waals surface area contributed by atoms with Crippen LogP contribution in [0.1, 0.15) is 46.0 Å². The number of amides is 1. The largest absolute Gasteiger partial charge is 0.462 e. The van der Waals surface area contributed by atoms with Gasteiger partial charge in [-0.1, -0.05) is 6.92 Å². The van der Waals surface area contributed by atoms with E-state index >= 15 is 0 Å². The Labute approximate surface area is 184 Å². The lowest BCUT2D eigenvalue weighted by atomic mass is 9.75. The van der Waals surface area contributed by atoms with Crippen LogP contribution in [0.25, 0.3) is 0 Å². The summed E-state index contributed by atoms with van der Waals surface area (Å²) in [6.07, 6.45) is 3.58. The van der Waals surface area contributed by atoms with Crippen molar-refractivity contribution in [3.63, 3.8) is 0 Å². The van der Waals surface area contributed by atoms with Crippen molar-refractivity contribution in [3.05, 3.63) is 30.1 Å². The Morgan fingerprint density at radius 2 is 1.87 bits per heavy atom. The Bertz CT molecular complexity index is 792. The number of rotatable bonds is 5. The Morgan fingerprint density at radius 3 is 2.52 bits per heavy atom. The molecule has 7 heteroatoms. The topological polar surface area (TPSA) is 53.1 Å². The highest BCUT2D eigenvalue weighted by Gasteiger charge is 2.50. The number of benzene rings is 1. The van der Waals surface area contributed by atoms with Crippen LogP contribution in [0.5, 0.6) is 0 Å². The van der Waals surface area contributed by atoms with Crippen LogP contribution in [0.4, 0.5) is 10.1 Å². The lowest BCUT2D eigenvalue weighted by Crippen LogP contribution is -2.52. The van der Waals surface area contributed by atoms with Gasteiger partial charge in [-0.25, -0.2) is 4.39 Å². The summed E-state index contributed by atoms with van der Waals surface area (Å²) in [7, 11) is 0. The maximum atomic E-state index is 13.2. The summed E-state index contributed by atoms with van der Waals surface area (Å²) < 4.78 is 19.0. The van der Waals surface area contributed by atoms with Crippen LogP contribution >= 0.6 is 0 Å². The van der Waals surface area contributed by atoms with Gasteiger partial charge in [0.1, 0.15) is 11.9 Å². The lowest BCUT2D eigenvalue weighted by molar-refractivity contribution is -0.152. The van der Waals surface area contributed by atoms with Gasteiger partial charge < -0.3 is 14.5 Å². The number of likely N-dealkylation sites (tertiary alicyclic amines) is 1. The first-order valence-electron chi connectivity index (χ1n) is 11.6. The van der Waals surface area contributed by atoms with Crippen molar-refractivity contribution in [2.45, 2.75) is 58.1 Å². The summed E-state index contributed by atoms with van der Waals surface area (Å²) in [6, 6.07) is 7.09. The molecule has 0 radical (unpaired) electrons. The normalized spacial score (nSPS) is 26.4. The van der Waals surface area contributed by atoms with Crippen LogP contribution in [0.15, 0.2) is 24.3 Å². The van der Waals surface area contributed by atoms with E-state index in [4.69, 9.17) is 4.74 Å². The van der Waals surface area contributed by atoms with Crippen LogP contribution in [0, 0.1) is 11.2 Å². The van der Waals surface area contributed by atoms with Crippen LogP contribution in [0.3, 0.4) is 0 Å². The molecule has 0 aromatic heterocycles. The van der Waals surface area contributed by atoms with Crippen molar-refractivity contribution in [2.75, 3.05) is 44.2 Å². The number of carbonyl (C=O) groups is 2. The number of hydrogen-bond donors (Lipinski definition) is 0. The fourth-order valence-corrected chi connectivity index (χ4v) is 5.34. The highest BCUT2D eigenvalue weighted by atomic mass is 19.1. The molecule has 2 atom stereocenters. The first kappa shape index (κ1) is 22.1. The molecule has 1 aromatic rings. The average Bonchev–Trinajstić information content (AvgIpc) is 3.08. The number of piperazine rings is 1. The highest BCUT2D eigenvalue weighted by molar-refractivity contribution is 5.80. The first-order chi connectivity index (χ1) is 14.9. The number of anilines is 1. The lowest BCUT2D eigenvalue weighted by Gasteiger charge is -2.41. The minimum absolute atomic E-state index is 0.0248. The molecule has 31 heavy (non-hydrogen) atoms. The number of halogens is 1. The van der Waals surface area contributed by atoms with Crippen molar-refractivity contribution in [1.82, 2.24) is 9.80 Å². The second-order valence-corrected chi connectivity index (χ2v) is 9.34. The summed E-state index contributed by atoms with van der Waals surface area (Å²) in [5, 5.41) is 0. The van der Waals surface area contributed by atoms with Gasteiger partial charge in [0.2, 0.25) is 5.91 Å². The number of piperidine rings is 1. The number of ether oxygens (including phenoxy) is 1. The van der Waals surface area contributed by atoms with E-state index in [1.165, 1.54) is 12.1 Å². The second kappa shape index (κ2) is 9.15. The van der Waals surface area contributed by atoms with Crippen molar-refractivity contribution < 1.29 is 18.7 Å². The quantitative estimate of drug-likeness (QED) is 0.671. The van der Waals surface area contributed by atoms with Gasteiger partial charge >= 0.3 is 5.97 Å². The van der Waals surface area contributed by atoms with Crippen molar-refractivity contribution in [3.8, 4) is 0 Å². The molecule has 3 heterocycles. The second-order valence-electron chi connectivity index (χ2n) is 9.34. The predicted molar refractivity (Wildman–Crippen MR) is 117 cm³/mol. The number of cyclic esters (lactones) is 1.